The van der Waals surface area contributed by atoms with Crippen LogP contribution in [-0.2, 0) is 11.2 Å². The predicted octanol–water partition coefficient (Wildman–Crippen LogP) is 3.89. The minimum atomic E-state index is -0.500. The number of H-pyrrole nitrogens is 1. The number of amides is 2. The summed E-state index contributed by atoms with van der Waals surface area (Å²) in [4.78, 5) is 33.2. The van der Waals surface area contributed by atoms with Crippen LogP contribution in [0.1, 0.15) is 33.1 Å². The Hall–Kier alpha value is -4.40. The van der Waals surface area contributed by atoms with E-state index in [0.29, 0.717) is 28.1 Å². The third kappa shape index (κ3) is 3.73. The maximum absolute atomic E-state index is 13.0. The predicted molar refractivity (Wildman–Crippen MR) is 121 cm³/mol. The standard InChI is InChI=1S/C24H21N5O4/c1-12-8-17(14(3)32-12)20-10-18(22-13(2)29-33-24(22)26-20)23(31)28-27-21(30)9-15-11-25-19-7-5-4-6-16(15)19/h4-8,10-11,25H,9H2,1-3H3,(H,27,30)(H,28,31). The average molecular weight is 443 g/mol. The molecule has 0 unspecified atom stereocenters. The number of nitrogens with one attached hydrogen (secondary N) is 3. The first-order valence-electron chi connectivity index (χ1n) is 10.4. The van der Waals surface area contributed by atoms with Gasteiger partial charge in [-0.1, -0.05) is 23.4 Å². The van der Waals surface area contributed by atoms with Crippen molar-refractivity contribution < 1.29 is 18.5 Å². The zero-order valence-corrected chi connectivity index (χ0v) is 18.3. The minimum absolute atomic E-state index is 0.112. The molecule has 1 aromatic carbocycles. The number of fused-ring (bicyclic) bond motifs is 2. The van der Waals surface area contributed by atoms with Crippen molar-refractivity contribution in [1.82, 2.24) is 26.0 Å². The molecular formula is C24H21N5O4. The molecule has 4 heterocycles. The molecule has 0 aliphatic carbocycles. The number of carbonyl (C=O) groups excluding carboxylic acids is 2. The van der Waals surface area contributed by atoms with Gasteiger partial charge in [0.25, 0.3) is 11.6 Å². The van der Waals surface area contributed by atoms with Gasteiger partial charge in [-0.2, -0.15) is 0 Å². The SMILES string of the molecule is Cc1cc(-c2cc(C(=O)NNC(=O)Cc3c[nH]c4ccccc34)c3c(C)noc3n2)c(C)o1. The number of rotatable bonds is 4. The highest BCUT2D eigenvalue weighted by atomic mass is 16.5. The summed E-state index contributed by atoms with van der Waals surface area (Å²) in [6, 6.07) is 11.2. The van der Waals surface area contributed by atoms with Crippen molar-refractivity contribution in [3.8, 4) is 11.3 Å². The van der Waals surface area contributed by atoms with E-state index >= 15 is 0 Å². The van der Waals surface area contributed by atoms with Crippen LogP contribution in [0.5, 0.6) is 0 Å². The Morgan fingerprint density at radius 3 is 2.70 bits per heavy atom. The maximum Gasteiger partial charge on any atom is 0.270 e. The molecule has 9 heteroatoms. The Balaban J connectivity index is 1.39. The van der Waals surface area contributed by atoms with Gasteiger partial charge in [0.15, 0.2) is 0 Å². The monoisotopic (exact) mass is 443 g/mol. The number of pyridine rings is 1. The Morgan fingerprint density at radius 2 is 1.91 bits per heavy atom. The molecule has 2 amide bonds. The van der Waals surface area contributed by atoms with E-state index in [1.165, 1.54) is 0 Å². The largest absolute Gasteiger partial charge is 0.466 e. The zero-order chi connectivity index (χ0) is 23.1. The number of nitrogens with zero attached hydrogens (tertiary/aromatic N) is 2. The smallest absolute Gasteiger partial charge is 0.270 e. The number of aryl methyl sites for hydroxylation is 3. The lowest BCUT2D eigenvalue weighted by molar-refractivity contribution is -0.121. The fourth-order valence-electron chi connectivity index (χ4n) is 3.99. The first-order valence-corrected chi connectivity index (χ1v) is 10.4. The number of aromatic amines is 1. The van der Waals surface area contributed by atoms with Gasteiger partial charge in [-0.15, -0.1) is 0 Å². The molecule has 0 aliphatic rings. The van der Waals surface area contributed by atoms with Gasteiger partial charge in [-0.25, -0.2) is 4.98 Å². The van der Waals surface area contributed by atoms with Crippen molar-refractivity contribution in [2.24, 2.45) is 0 Å². The molecule has 3 N–H and O–H groups in total. The number of benzene rings is 1. The second kappa shape index (κ2) is 7.94. The molecule has 0 fully saturated rings. The van der Waals surface area contributed by atoms with Gasteiger partial charge in [0.2, 0.25) is 5.91 Å². The zero-order valence-electron chi connectivity index (χ0n) is 18.3. The van der Waals surface area contributed by atoms with E-state index in [0.717, 1.165) is 27.8 Å². The first kappa shape index (κ1) is 20.5. The molecule has 0 aliphatic heterocycles. The van der Waals surface area contributed by atoms with Crippen molar-refractivity contribution >= 4 is 33.8 Å². The van der Waals surface area contributed by atoms with Crippen molar-refractivity contribution in [3.63, 3.8) is 0 Å². The Morgan fingerprint density at radius 1 is 1.09 bits per heavy atom. The number of aromatic nitrogens is 3. The summed E-state index contributed by atoms with van der Waals surface area (Å²) in [5, 5.41) is 5.39. The molecule has 5 rings (SSSR count). The summed E-state index contributed by atoms with van der Waals surface area (Å²) in [5.74, 6) is 0.560. The second-order valence-electron chi connectivity index (χ2n) is 7.87. The first-order chi connectivity index (χ1) is 15.9. The maximum atomic E-state index is 13.0. The van der Waals surface area contributed by atoms with Gasteiger partial charge >= 0.3 is 0 Å². The van der Waals surface area contributed by atoms with Gasteiger partial charge in [-0.05, 0) is 44.5 Å². The van der Waals surface area contributed by atoms with E-state index in [4.69, 9.17) is 8.94 Å². The number of hydrazine groups is 1. The van der Waals surface area contributed by atoms with Crippen LogP contribution >= 0.6 is 0 Å². The summed E-state index contributed by atoms with van der Waals surface area (Å²) < 4.78 is 10.9. The quantitative estimate of drug-likeness (QED) is 0.362. The van der Waals surface area contributed by atoms with Gasteiger partial charge in [0.1, 0.15) is 11.5 Å². The summed E-state index contributed by atoms with van der Waals surface area (Å²) in [5.41, 5.74) is 9.10. The van der Waals surface area contributed by atoms with Crippen LogP contribution in [-0.4, -0.2) is 26.9 Å². The molecule has 0 atom stereocenters. The van der Waals surface area contributed by atoms with Crippen LogP contribution in [0.25, 0.3) is 33.3 Å². The number of hydrogen-bond acceptors (Lipinski definition) is 6. The molecule has 166 valence electrons. The molecule has 33 heavy (non-hydrogen) atoms. The Labute approximate surface area is 188 Å². The molecule has 4 aromatic heterocycles. The third-order valence-electron chi connectivity index (χ3n) is 5.52. The number of para-hydroxylation sites is 1. The number of hydrogen-bond donors (Lipinski definition) is 3. The van der Waals surface area contributed by atoms with Crippen LogP contribution in [0.4, 0.5) is 0 Å². The molecule has 0 radical (unpaired) electrons. The molecule has 0 spiro atoms. The highest BCUT2D eigenvalue weighted by Crippen LogP contribution is 2.30. The van der Waals surface area contributed by atoms with Crippen molar-refractivity contribution in [1.29, 1.82) is 0 Å². The van der Waals surface area contributed by atoms with E-state index in [2.05, 4.69) is 26.0 Å². The fraction of sp³-hybridized carbons (Fsp3) is 0.167. The van der Waals surface area contributed by atoms with Crippen molar-refractivity contribution in [2.45, 2.75) is 27.2 Å². The van der Waals surface area contributed by atoms with Gasteiger partial charge < -0.3 is 13.9 Å². The summed E-state index contributed by atoms with van der Waals surface area (Å²) in [6.45, 7) is 5.39. The minimum Gasteiger partial charge on any atom is -0.466 e. The van der Waals surface area contributed by atoms with E-state index < -0.39 is 5.91 Å². The molecule has 0 bridgehead atoms. The Bertz CT molecular complexity index is 1520. The molecule has 0 saturated heterocycles. The van der Waals surface area contributed by atoms with Crippen molar-refractivity contribution in [2.75, 3.05) is 0 Å². The molecular weight excluding hydrogens is 422 g/mol. The molecule has 5 aromatic rings. The summed E-state index contributed by atoms with van der Waals surface area (Å²) in [7, 11) is 0. The van der Waals surface area contributed by atoms with E-state index in [9.17, 15) is 9.59 Å². The lowest BCUT2D eigenvalue weighted by Gasteiger charge is -2.09. The van der Waals surface area contributed by atoms with Crippen LogP contribution in [0, 0.1) is 20.8 Å². The average Bonchev–Trinajstić information content (AvgIpc) is 3.48. The van der Waals surface area contributed by atoms with Crippen LogP contribution in [0.15, 0.2) is 51.5 Å². The number of furan rings is 1. The van der Waals surface area contributed by atoms with Crippen LogP contribution < -0.4 is 10.9 Å². The van der Waals surface area contributed by atoms with Crippen LogP contribution in [0.2, 0.25) is 0 Å². The summed E-state index contributed by atoms with van der Waals surface area (Å²) in [6.07, 6.45) is 1.90. The van der Waals surface area contributed by atoms with Gasteiger partial charge in [-0.3, -0.25) is 20.4 Å². The summed E-state index contributed by atoms with van der Waals surface area (Å²) >= 11 is 0. The lowest BCUT2D eigenvalue weighted by atomic mass is 10.1. The third-order valence-corrected chi connectivity index (χ3v) is 5.52. The highest BCUT2D eigenvalue weighted by molar-refractivity contribution is 6.07. The topological polar surface area (TPSA) is 126 Å². The number of carbonyl (C=O) groups is 2. The molecule has 9 nitrogen and oxygen atoms in total. The highest BCUT2D eigenvalue weighted by Gasteiger charge is 2.21. The van der Waals surface area contributed by atoms with E-state index in [-0.39, 0.29) is 18.0 Å². The van der Waals surface area contributed by atoms with Gasteiger partial charge in [0, 0.05) is 22.7 Å². The Kier molecular flexibility index (Phi) is 4.93. The van der Waals surface area contributed by atoms with E-state index in [1.54, 1.807) is 19.2 Å². The normalized spacial score (nSPS) is 11.2. The van der Waals surface area contributed by atoms with Gasteiger partial charge in [0.05, 0.1) is 28.8 Å². The fourth-order valence-corrected chi connectivity index (χ4v) is 3.99. The second-order valence-corrected chi connectivity index (χ2v) is 7.87. The molecule has 0 saturated carbocycles. The van der Waals surface area contributed by atoms with E-state index in [1.807, 2.05) is 44.2 Å². The van der Waals surface area contributed by atoms with Crippen molar-refractivity contribution in [3.05, 3.63) is 70.9 Å². The lowest BCUT2D eigenvalue weighted by Crippen LogP contribution is -2.42. The van der Waals surface area contributed by atoms with Crippen LogP contribution in [0.3, 0.4) is 0 Å².